The molecule has 0 N–H and O–H groups in total. The molecule has 0 aromatic heterocycles. The van der Waals surface area contributed by atoms with Gasteiger partial charge in [0.15, 0.2) is 0 Å². The summed E-state index contributed by atoms with van der Waals surface area (Å²) in [5.41, 5.74) is 25.4. The van der Waals surface area contributed by atoms with E-state index >= 15 is 0 Å². The Labute approximate surface area is 422 Å². The normalized spacial score (nSPS) is 23.7. The molecule has 2 heterocycles. The predicted molar refractivity (Wildman–Crippen MR) is 302 cm³/mol. The van der Waals surface area contributed by atoms with Gasteiger partial charge in [-0.2, -0.15) is 0 Å². The molecule has 4 fully saturated rings. The van der Waals surface area contributed by atoms with Crippen molar-refractivity contribution in [3.05, 3.63) is 148 Å². The van der Waals surface area contributed by atoms with E-state index in [1.165, 1.54) is 146 Å². The molecule has 3 heteroatoms. The van der Waals surface area contributed by atoms with Gasteiger partial charge in [-0.1, -0.05) is 156 Å². The highest BCUT2D eigenvalue weighted by Gasteiger charge is 2.53. The molecule has 6 aromatic rings. The number of benzene rings is 6. The van der Waals surface area contributed by atoms with Crippen LogP contribution in [0.3, 0.4) is 0 Å². The Morgan fingerprint density at radius 1 is 0.471 bits per heavy atom. The van der Waals surface area contributed by atoms with Crippen LogP contribution in [0.15, 0.2) is 109 Å². The van der Waals surface area contributed by atoms with Gasteiger partial charge in [0.05, 0.1) is 5.69 Å². The van der Waals surface area contributed by atoms with Gasteiger partial charge in [0.1, 0.15) is 0 Å². The Kier molecular flexibility index (Phi) is 10.0. The maximum atomic E-state index is 2.78. The van der Waals surface area contributed by atoms with Crippen molar-refractivity contribution in [2.24, 2.45) is 17.8 Å². The van der Waals surface area contributed by atoms with Crippen molar-refractivity contribution in [2.45, 2.75) is 181 Å². The molecule has 7 aliphatic rings. The van der Waals surface area contributed by atoms with Crippen LogP contribution in [0.2, 0.25) is 0 Å². The van der Waals surface area contributed by atoms with Crippen LogP contribution in [0.1, 0.15) is 180 Å². The standard InChI is InChI=1S/C67H79BN2/c1-41-15-24-57-54(29-41)68-55-35-48(64(8,9)10)20-26-58(55)70(56-25-19-47(63(5,6)7)34-51(56)45-16-23-52-53(33-45)66(13,14)28-27-65(52,11)12)60-37-49(67-38-42-30-43(39-67)32-44(31-42)40-67)36-59(61(60)68)69(57)50-21-17-46(18-22-50)62(2,3)4/h15-26,29,33-37,42-44H,27-28,30-32,38-40H2,1-14H3. The van der Waals surface area contributed by atoms with E-state index in [0.29, 0.717) is 0 Å². The third-order valence-electron chi connectivity index (χ3n) is 19.0. The maximum absolute atomic E-state index is 2.78. The molecule has 13 rings (SSSR count). The number of nitrogens with zero attached hydrogens (tertiary/aromatic N) is 2. The first-order valence-corrected chi connectivity index (χ1v) is 27.3. The third kappa shape index (κ3) is 7.23. The summed E-state index contributed by atoms with van der Waals surface area (Å²) in [6.45, 7) is 33.6. The minimum absolute atomic E-state index is 0.0144. The molecule has 0 atom stereocenters. The summed E-state index contributed by atoms with van der Waals surface area (Å²) in [6, 6.07) is 45.2. The molecule has 0 amide bonds. The average Bonchev–Trinajstić information content (AvgIpc) is 3.28. The largest absolute Gasteiger partial charge is 0.311 e. The van der Waals surface area contributed by atoms with Gasteiger partial charge in [0.25, 0.3) is 6.71 Å². The fourth-order valence-electron chi connectivity index (χ4n) is 15.2. The topological polar surface area (TPSA) is 6.48 Å². The zero-order chi connectivity index (χ0) is 49.2. The zero-order valence-electron chi connectivity index (χ0n) is 45.3. The second-order valence-electron chi connectivity index (χ2n) is 28.1. The van der Waals surface area contributed by atoms with Gasteiger partial charge >= 0.3 is 0 Å². The molecule has 5 aliphatic carbocycles. The van der Waals surface area contributed by atoms with Crippen LogP contribution in [0.5, 0.6) is 0 Å². The van der Waals surface area contributed by atoms with Crippen molar-refractivity contribution in [3.8, 4) is 11.1 Å². The molecule has 70 heavy (non-hydrogen) atoms. The number of hydrogen-bond donors (Lipinski definition) is 0. The van der Waals surface area contributed by atoms with Crippen molar-refractivity contribution in [1.29, 1.82) is 0 Å². The Hall–Kier alpha value is -5.02. The minimum atomic E-state index is -0.0164. The summed E-state index contributed by atoms with van der Waals surface area (Å²) in [4.78, 5) is 5.47. The molecule has 2 aliphatic heterocycles. The predicted octanol–water partition coefficient (Wildman–Crippen LogP) is 16.5. The Morgan fingerprint density at radius 3 is 1.57 bits per heavy atom. The molecule has 4 saturated carbocycles. The molecular weight excluding hydrogens is 844 g/mol. The van der Waals surface area contributed by atoms with E-state index < -0.39 is 0 Å². The molecule has 4 bridgehead atoms. The lowest BCUT2D eigenvalue weighted by atomic mass is 9.33. The Morgan fingerprint density at radius 2 is 0.971 bits per heavy atom. The lowest BCUT2D eigenvalue weighted by Crippen LogP contribution is -2.62. The summed E-state index contributed by atoms with van der Waals surface area (Å²) in [5, 5.41) is 0. The SMILES string of the molecule is Cc1ccc2c(c1)B1c3cc(C(C)(C)C)ccc3N(c3ccc(C(C)(C)C)cc3-c3ccc4c(c3)C(C)(C)CCC4(C)C)c3cc(C45CC6CC(CC(C6)C4)C5)cc(c31)N2c1ccc(C(C)(C)C)cc1. The third-order valence-corrected chi connectivity index (χ3v) is 19.0. The van der Waals surface area contributed by atoms with Gasteiger partial charge in [0.2, 0.25) is 0 Å². The van der Waals surface area contributed by atoms with E-state index in [0.717, 1.165) is 17.8 Å². The van der Waals surface area contributed by atoms with Crippen molar-refractivity contribution < 1.29 is 0 Å². The van der Waals surface area contributed by atoms with Crippen LogP contribution in [0, 0.1) is 24.7 Å². The molecule has 0 spiro atoms. The molecule has 2 nitrogen and oxygen atoms in total. The lowest BCUT2D eigenvalue weighted by molar-refractivity contribution is -0.00514. The van der Waals surface area contributed by atoms with E-state index in [-0.39, 0.29) is 39.2 Å². The van der Waals surface area contributed by atoms with Crippen molar-refractivity contribution in [1.82, 2.24) is 0 Å². The minimum Gasteiger partial charge on any atom is -0.311 e. The average molecular weight is 923 g/mol. The number of aryl methyl sites for hydroxylation is 1. The number of rotatable bonds is 4. The van der Waals surface area contributed by atoms with Crippen molar-refractivity contribution in [2.75, 3.05) is 9.80 Å². The van der Waals surface area contributed by atoms with Crippen LogP contribution in [-0.4, -0.2) is 6.71 Å². The van der Waals surface area contributed by atoms with Crippen molar-refractivity contribution >= 4 is 57.2 Å². The quantitative estimate of drug-likeness (QED) is 0.162. The van der Waals surface area contributed by atoms with Gasteiger partial charge in [-0.3, -0.25) is 0 Å². The highest BCUT2D eigenvalue weighted by molar-refractivity contribution is 7.00. The highest BCUT2D eigenvalue weighted by atomic mass is 15.2. The maximum Gasteiger partial charge on any atom is 0.252 e. The van der Waals surface area contributed by atoms with Gasteiger partial charge in [-0.25, -0.2) is 0 Å². The van der Waals surface area contributed by atoms with E-state index in [9.17, 15) is 0 Å². The van der Waals surface area contributed by atoms with E-state index in [1.807, 2.05) is 0 Å². The zero-order valence-corrected chi connectivity index (χ0v) is 45.3. The molecule has 360 valence electrons. The molecule has 0 saturated heterocycles. The van der Waals surface area contributed by atoms with Crippen LogP contribution >= 0.6 is 0 Å². The smallest absolute Gasteiger partial charge is 0.252 e. The monoisotopic (exact) mass is 923 g/mol. The molecular formula is C67H79BN2. The summed E-state index contributed by atoms with van der Waals surface area (Å²) in [7, 11) is 0. The van der Waals surface area contributed by atoms with Crippen LogP contribution < -0.4 is 26.2 Å². The first-order chi connectivity index (χ1) is 32.9. The fraction of sp³-hybridized carbons (Fsp3) is 0.463. The fourth-order valence-corrected chi connectivity index (χ4v) is 15.2. The number of fused-ring (bicyclic) bond motifs is 5. The summed E-state index contributed by atoms with van der Waals surface area (Å²) < 4.78 is 0. The van der Waals surface area contributed by atoms with Crippen molar-refractivity contribution in [3.63, 3.8) is 0 Å². The Bertz CT molecular complexity index is 3070. The molecule has 0 unspecified atom stereocenters. The van der Waals surface area contributed by atoms with Gasteiger partial charge < -0.3 is 9.80 Å². The van der Waals surface area contributed by atoms with Crippen LogP contribution in [-0.2, 0) is 32.5 Å². The van der Waals surface area contributed by atoms with Gasteiger partial charge in [-0.05, 0) is 212 Å². The van der Waals surface area contributed by atoms with E-state index in [4.69, 9.17) is 0 Å². The first kappa shape index (κ1) is 46.1. The van der Waals surface area contributed by atoms with E-state index in [1.54, 1.807) is 5.56 Å². The Balaban J connectivity index is 1.19. The lowest BCUT2D eigenvalue weighted by Gasteiger charge is -2.57. The van der Waals surface area contributed by atoms with Gasteiger partial charge in [-0.15, -0.1) is 0 Å². The number of anilines is 6. The molecule has 0 radical (unpaired) electrons. The van der Waals surface area contributed by atoms with Crippen LogP contribution in [0.25, 0.3) is 11.1 Å². The number of hydrogen-bond acceptors (Lipinski definition) is 2. The summed E-state index contributed by atoms with van der Waals surface area (Å²) in [6.07, 6.45) is 10.7. The second kappa shape index (κ2) is 15.3. The first-order valence-electron chi connectivity index (χ1n) is 27.3. The summed E-state index contributed by atoms with van der Waals surface area (Å²) in [5.74, 6) is 2.54. The second-order valence-corrected chi connectivity index (χ2v) is 28.1. The van der Waals surface area contributed by atoms with E-state index in [2.05, 4.69) is 216 Å². The van der Waals surface area contributed by atoms with Gasteiger partial charge in [0, 0.05) is 34.0 Å². The summed E-state index contributed by atoms with van der Waals surface area (Å²) >= 11 is 0. The highest BCUT2D eigenvalue weighted by Crippen LogP contribution is 2.62. The molecule has 6 aromatic carbocycles. The van der Waals surface area contributed by atoms with Crippen LogP contribution in [0.4, 0.5) is 34.1 Å².